The fourth-order valence-electron chi connectivity index (χ4n) is 1.17. The molecular formula is C11H11N3O. The van der Waals surface area contributed by atoms with Gasteiger partial charge < -0.3 is 10.5 Å². The van der Waals surface area contributed by atoms with E-state index < -0.39 is 0 Å². The lowest BCUT2D eigenvalue weighted by molar-refractivity contribution is 0.305. The molecule has 0 saturated carbocycles. The van der Waals surface area contributed by atoms with E-state index in [1.54, 1.807) is 18.6 Å². The molecule has 2 rings (SSSR count). The monoisotopic (exact) mass is 201 g/mol. The zero-order chi connectivity index (χ0) is 10.5. The van der Waals surface area contributed by atoms with E-state index in [0.29, 0.717) is 12.4 Å². The lowest BCUT2D eigenvalue weighted by atomic mass is 10.3. The van der Waals surface area contributed by atoms with Gasteiger partial charge >= 0.3 is 0 Å². The molecule has 2 heterocycles. The van der Waals surface area contributed by atoms with Crippen LogP contribution in [0.3, 0.4) is 0 Å². The van der Waals surface area contributed by atoms with E-state index in [9.17, 15) is 0 Å². The van der Waals surface area contributed by atoms with Crippen molar-refractivity contribution >= 4 is 5.82 Å². The molecule has 4 heteroatoms. The Balaban J connectivity index is 2.03. The zero-order valence-corrected chi connectivity index (χ0v) is 8.13. The Morgan fingerprint density at radius 2 is 2.07 bits per heavy atom. The van der Waals surface area contributed by atoms with E-state index in [-0.39, 0.29) is 0 Å². The zero-order valence-electron chi connectivity index (χ0n) is 8.13. The van der Waals surface area contributed by atoms with Gasteiger partial charge in [0.2, 0.25) is 0 Å². The summed E-state index contributed by atoms with van der Waals surface area (Å²) in [4.78, 5) is 7.92. The molecule has 0 atom stereocenters. The Bertz CT molecular complexity index is 431. The molecule has 0 aliphatic carbocycles. The SMILES string of the molecule is Nc1ncccc1COc1cccnc1. The molecule has 2 aromatic heterocycles. The summed E-state index contributed by atoms with van der Waals surface area (Å²) in [6.45, 7) is 0.408. The third kappa shape index (κ3) is 2.43. The Labute approximate surface area is 87.7 Å². The second kappa shape index (κ2) is 4.41. The van der Waals surface area contributed by atoms with Crippen LogP contribution in [-0.4, -0.2) is 9.97 Å². The maximum absolute atomic E-state index is 5.68. The van der Waals surface area contributed by atoms with Gasteiger partial charge in [0.25, 0.3) is 0 Å². The van der Waals surface area contributed by atoms with Crippen molar-refractivity contribution in [2.75, 3.05) is 5.73 Å². The highest BCUT2D eigenvalue weighted by Gasteiger charge is 1.99. The molecule has 0 spiro atoms. The third-order valence-electron chi connectivity index (χ3n) is 1.95. The first-order valence-corrected chi connectivity index (χ1v) is 4.58. The van der Waals surface area contributed by atoms with Crippen LogP contribution < -0.4 is 10.5 Å². The van der Waals surface area contributed by atoms with Gasteiger partial charge in [-0.25, -0.2) is 4.98 Å². The van der Waals surface area contributed by atoms with Crippen LogP contribution in [0.1, 0.15) is 5.56 Å². The second-order valence-corrected chi connectivity index (χ2v) is 3.03. The Hall–Kier alpha value is -2.10. The molecule has 2 aromatic rings. The number of hydrogen-bond acceptors (Lipinski definition) is 4. The van der Waals surface area contributed by atoms with Crippen molar-refractivity contribution in [3.05, 3.63) is 48.4 Å². The largest absolute Gasteiger partial charge is 0.487 e. The van der Waals surface area contributed by atoms with Crippen molar-refractivity contribution in [2.45, 2.75) is 6.61 Å². The first-order chi connectivity index (χ1) is 7.36. The maximum atomic E-state index is 5.68. The van der Waals surface area contributed by atoms with Crippen LogP contribution in [0.25, 0.3) is 0 Å². The standard InChI is InChI=1S/C11H11N3O/c12-11-9(3-1-6-14-11)8-15-10-4-2-5-13-7-10/h1-7H,8H2,(H2,12,14). The smallest absolute Gasteiger partial charge is 0.138 e. The van der Waals surface area contributed by atoms with Gasteiger partial charge in [-0.1, -0.05) is 6.07 Å². The van der Waals surface area contributed by atoms with E-state index >= 15 is 0 Å². The Kier molecular flexibility index (Phi) is 2.78. The molecule has 0 aliphatic rings. The summed E-state index contributed by atoms with van der Waals surface area (Å²) in [7, 11) is 0. The molecule has 0 amide bonds. The van der Waals surface area contributed by atoms with Crippen LogP contribution in [0.5, 0.6) is 5.75 Å². The first-order valence-electron chi connectivity index (χ1n) is 4.58. The van der Waals surface area contributed by atoms with Gasteiger partial charge in [0.1, 0.15) is 18.2 Å². The predicted molar refractivity (Wildman–Crippen MR) is 57.2 cm³/mol. The molecule has 76 valence electrons. The third-order valence-corrected chi connectivity index (χ3v) is 1.95. The van der Waals surface area contributed by atoms with Crippen LogP contribution in [0.2, 0.25) is 0 Å². The molecule has 0 aromatic carbocycles. The highest BCUT2D eigenvalue weighted by Crippen LogP contribution is 2.12. The number of nitrogens with zero attached hydrogens (tertiary/aromatic N) is 2. The molecule has 0 bridgehead atoms. The first kappa shape index (κ1) is 9.45. The molecule has 2 N–H and O–H groups in total. The summed E-state index contributed by atoms with van der Waals surface area (Å²) in [6.07, 6.45) is 5.01. The Morgan fingerprint density at radius 3 is 2.80 bits per heavy atom. The van der Waals surface area contributed by atoms with E-state index in [0.717, 1.165) is 11.3 Å². The molecule has 0 radical (unpaired) electrons. The fraction of sp³-hybridized carbons (Fsp3) is 0.0909. The maximum Gasteiger partial charge on any atom is 0.138 e. The lowest BCUT2D eigenvalue weighted by Crippen LogP contribution is -2.01. The summed E-state index contributed by atoms with van der Waals surface area (Å²) in [6, 6.07) is 7.39. The number of hydrogen-bond donors (Lipinski definition) is 1. The van der Waals surface area contributed by atoms with Gasteiger partial charge in [0.15, 0.2) is 0 Å². The van der Waals surface area contributed by atoms with Gasteiger partial charge in [-0.05, 0) is 18.2 Å². The predicted octanol–water partition coefficient (Wildman–Crippen LogP) is 1.64. The van der Waals surface area contributed by atoms with E-state index in [1.165, 1.54) is 0 Å². The quantitative estimate of drug-likeness (QED) is 0.820. The van der Waals surface area contributed by atoms with Crippen LogP contribution in [0.4, 0.5) is 5.82 Å². The highest BCUT2D eigenvalue weighted by atomic mass is 16.5. The number of anilines is 1. The van der Waals surface area contributed by atoms with Crippen LogP contribution >= 0.6 is 0 Å². The lowest BCUT2D eigenvalue weighted by Gasteiger charge is -2.06. The van der Waals surface area contributed by atoms with Crippen molar-refractivity contribution in [1.82, 2.24) is 9.97 Å². The topological polar surface area (TPSA) is 61.0 Å². The number of rotatable bonds is 3. The van der Waals surface area contributed by atoms with Gasteiger partial charge in [-0.3, -0.25) is 4.98 Å². The minimum Gasteiger partial charge on any atom is -0.487 e. The molecule has 4 nitrogen and oxygen atoms in total. The second-order valence-electron chi connectivity index (χ2n) is 3.03. The molecular weight excluding hydrogens is 190 g/mol. The van der Waals surface area contributed by atoms with E-state index in [4.69, 9.17) is 10.5 Å². The minimum atomic E-state index is 0.408. The molecule has 0 unspecified atom stereocenters. The number of ether oxygens (including phenoxy) is 1. The molecule has 15 heavy (non-hydrogen) atoms. The molecule has 0 fully saturated rings. The van der Waals surface area contributed by atoms with Crippen LogP contribution in [-0.2, 0) is 6.61 Å². The van der Waals surface area contributed by atoms with E-state index in [1.807, 2.05) is 24.3 Å². The van der Waals surface area contributed by atoms with Gasteiger partial charge in [0, 0.05) is 18.0 Å². The molecule has 0 saturated heterocycles. The molecule has 0 aliphatic heterocycles. The normalized spacial score (nSPS) is 9.87. The van der Waals surface area contributed by atoms with Gasteiger partial charge in [-0.15, -0.1) is 0 Å². The Morgan fingerprint density at radius 1 is 1.20 bits per heavy atom. The van der Waals surface area contributed by atoms with Crippen molar-refractivity contribution in [1.29, 1.82) is 0 Å². The fourth-order valence-corrected chi connectivity index (χ4v) is 1.17. The van der Waals surface area contributed by atoms with E-state index in [2.05, 4.69) is 9.97 Å². The highest BCUT2D eigenvalue weighted by molar-refractivity contribution is 5.38. The number of aromatic nitrogens is 2. The van der Waals surface area contributed by atoms with Gasteiger partial charge in [0.05, 0.1) is 6.20 Å². The van der Waals surface area contributed by atoms with Gasteiger partial charge in [-0.2, -0.15) is 0 Å². The summed E-state index contributed by atoms with van der Waals surface area (Å²) in [5, 5.41) is 0. The number of nitrogens with two attached hydrogens (primary N) is 1. The van der Waals surface area contributed by atoms with Crippen LogP contribution in [0, 0.1) is 0 Å². The minimum absolute atomic E-state index is 0.408. The number of nitrogen functional groups attached to an aromatic ring is 1. The summed E-state index contributed by atoms with van der Waals surface area (Å²) in [5.74, 6) is 1.22. The average molecular weight is 201 g/mol. The van der Waals surface area contributed by atoms with Crippen molar-refractivity contribution < 1.29 is 4.74 Å². The van der Waals surface area contributed by atoms with Crippen molar-refractivity contribution in [3.8, 4) is 5.75 Å². The van der Waals surface area contributed by atoms with Crippen LogP contribution in [0.15, 0.2) is 42.9 Å². The van der Waals surface area contributed by atoms with Crippen molar-refractivity contribution in [3.63, 3.8) is 0 Å². The summed E-state index contributed by atoms with van der Waals surface area (Å²) < 4.78 is 5.49. The summed E-state index contributed by atoms with van der Waals surface area (Å²) >= 11 is 0. The number of pyridine rings is 2. The average Bonchev–Trinajstić information content (AvgIpc) is 2.29. The summed E-state index contributed by atoms with van der Waals surface area (Å²) in [5.41, 5.74) is 6.55. The van der Waals surface area contributed by atoms with Crippen molar-refractivity contribution in [2.24, 2.45) is 0 Å².